The Balaban J connectivity index is 2.15. The average Bonchev–Trinajstić information content (AvgIpc) is 2.55. The van der Waals surface area contributed by atoms with Gasteiger partial charge in [0.25, 0.3) is 0 Å². The van der Waals surface area contributed by atoms with Crippen LogP contribution in [0.5, 0.6) is 5.75 Å². The second-order valence-electron chi connectivity index (χ2n) is 6.18. The number of benzene rings is 1. The number of para-hydroxylation sites is 1. The van der Waals surface area contributed by atoms with E-state index < -0.39 is 0 Å². The summed E-state index contributed by atoms with van der Waals surface area (Å²) in [5, 5.41) is 0. The molecule has 1 aliphatic heterocycles. The first kappa shape index (κ1) is 17.7. The topological polar surface area (TPSA) is 46.6 Å². The number of Topliss-reactive ketones (excluding diaryl/α,β-unsaturated/α-hetero) is 2. The van der Waals surface area contributed by atoms with E-state index in [-0.39, 0.29) is 23.6 Å². The third kappa shape index (κ3) is 4.41. The maximum absolute atomic E-state index is 12.8. The van der Waals surface area contributed by atoms with E-state index in [9.17, 15) is 9.59 Å². The molecule has 0 spiro atoms. The van der Waals surface area contributed by atoms with Crippen LogP contribution in [0.4, 0.5) is 0 Å². The summed E-state index contributed by atoms with van der Waals surface area (Å²) in [5.41, 5.74) is 0.653. The van der Waals surface area contributed by atoms with Crippen LogP contribution in [0.2, 0.25) is 0 Å². The van der Waals surface area contributed by atoms with E-state index in [2.05, 4.69) is 18.7 Å². The summed E-state index contributed by atoms with van der Waals surface area (Å²) in [4.78, 5) is 26.5. The van der Waals surface area contributed by atoms with Crippen molar-refractivity contribution in [3.63, 3.8) is 0 Å². The predicted molar refractivity (Wildman–Crippen MR) is 91.0 cm³/mol. The fourth-order valence-corrected chi connectivity index (χ4v) is 3.17. The van der Waals surface area contributed by atoms with E-state index in [1.54, 1.807) is 6.92 Å². The highest BCUT2D eigenvalue weighted by atomic mass is 16.5. The van der Waals surface area contributed by atoms with Gasteiger partial charge in [-0.1, -0.05) is 26.0 Å². The molecule has 23 heavy (non-hydrogen) atoms. The average molecular weight is 317 g/mol. The van der Waals surface area contributed by atoms with E-state index in [4.69, 9.17) is 4.74 Å². The molecule has 2 atom stereocenters. The Bertz CT molecular complexity index is 551. The van der Waals surface area contributed by atoms with Crippen molar-refractivity contribution in [3.8, 4) is 5.75 Å². The lowest BCUT2D eigenvalue weighted by atomic mass is 9.84. The molecular formula is C19H27NO3. The molecule has 1 aliphatic rings. The van der Waals surface area contributed by atoms with Gasteiger partial charge in [-0.2, -0.15) is 0 Å². The minimum absolute atomic E-state index is 0.123. The van der Waals surface area contributed by atoms with Crippen LogP contribution in [0.25, 0.3) is 0 Å². The first-order valence-corrected chi connectivity index (χ1v) is 8.58. The number of fused-ring (bicyclic) bond motifs is 1. The molecule has 0 fully saturated rings. The molecule has 4 nitrogen and oxygen atoms in total. The summed E-state index contributed by atoms with van der Waals surface area (Å²) in [7, 11) is 0. The fourth-order valence-electron chi connectivity index (χ4n) is 3.17. The first-order chi connectivity index (χ1) is 11.1. The van der Waals surface area contributed by atoms with Crippen molar-refractivity contribution in [2.24, 2.45) is 5.92 Å². The number of hydrogen-bond acceptors (Lipinski definition) is 4. The second kappa shape index (κ2) is 8.25. The van der Waals surface area contributed by atoms with Gasteiger partial charge in [-0.3, -0.25) is 4.79 Å². The van der Waals surface area contributed by atoms with E-state index in [0.29, 0.717) is 24.2 Å². The van der Waals surface area contributed by atoms with E-state index in [1.165, 1.54) is 0 Å². The van der Waals surface area contributed by atoms with Crippen LogP contribution in [0, 0.1) is 5.92 Å². The van der Waals surface area contributed by atoms with E-state index in [0.717, 1.165) is 26.1 Å². The lowest BCUT2D eigenvalue weighted by Crippen LogP contribution is -2.40. The zero-order chi connectivity index (χ0) is 16.8. The third-order valence-corrected chi connectivity index (χ3v) is 4.65. The number of nitrogens with zero attached hydrogens (tertiary/aromatic N) is 1. The summed E-state index contributed by atoms with van der Waals surface area (Å²) in [6, 6.07) is 7.43. The van der Waals surface area contributed by atoms with Crippen molar-refractivity contribution >= 4 is 11.6 Å². The highest BCUT2D eigenvalue weighted by Crippen LogP contribution is 2.34. The zero-order valence-electron chi connectivity index (χ0n) is 14.4. The van der Waals surface area contributed by atoms with Gasteiger partial charge >= 0.3 is 0 Å². The van der Waals surface area contributed by atoms with E-state index in [1.807, 2.05) is 24.3 Å². The quantitative estimate of drug-likeness (QED) is 0.738. The van der Waals surface area contributed by atoms with Gasteiger partial charge in [-0.05, 0) is 45.0 Å². The molecular weight excluding hydrogens is 290 g/mol. The molecule has 0 N–H and O–H groups in total. The Morgan fingerprint density at radius 3 is 2.52 bits per heavy atom. The monoisotopic (exact) mass is 317 g/mol. The molecule has 1 heterocycles. The number of carbonyl (C=O) groups is 2. The van der Waals surface area contributed by atoms with Crippen molar-refractivity contribution in [1.29, 1.82) is 0 Å². The Kier molecular flexibility index (Phi) is 6.34. The molecule has 2 rings (SSSR count). The molecule has 126 valence electrons. The lowest BCUT2D eigenvalue weighted by Gasteiger charge is -2.33. The molecule has 0 bridgehead atoms. The van der Waals surface area contributed by atoms with Crippen molar-refractivity contribution in [2.75, 3.05) is 19.6 Å². The minimum atomic E-state index is -0.218. The van der Waals surface area contributed by atoms with Crippen LogP contribution in [-0.2, 0) is 4.79 Å². The first-order valence-electron chi connectivity index (χ1n) is 8.58. The smallest absolute Gasteiger partial charge is 0.173 e. The zero-order valence-corrected chi connectivity index (χ0v) is 14.4. The van der Waals surface area contributed by atoms with Gasteiger partial charge in [0.2, 0.25) is 0 Å². The SMILES string of the molecule is CCN(CC)CCC1Oc2ccccc2C(=O)C1CCC(C)=O. The maximum Gasteiger partial charge on any atom is 0.173 e. The number of carbonyl (C=O) groups excluding carboxylic acids is 2. The highest BCUT2D eigenvalue weighted by molar-refractivity contribution is 6.01. The molecule has 4 heteroatoms. The number of hydrogen-bond donors (Lipinski definition) is 0. The molecule has 1 aromatic carbocycles. The fraction of sp³-hybridized carbons (Fsp3) is 0.579. The molecule has 0 amide bonds. The van der Waals surface area contributed by atoms with Crippen LogP contribution < -0.4 is 4.74 Å². The van der Waals surface area contributed by atoms with Crippen LogP contribution in [0.1, 0.15) is 50.4 Å². The van der Waals surface area contributed by atoms with Crippen LogP contribution >= 0.6 is 0 Å². The van der Waals surface area contributed by atoms with Gasteiger partial charge in [-0.15, -0.1) is 0 Å². The van der Waals surface area contributed by atoms with E-state index >= 15 is 0 Å². The van der Waals surface area contributed by atoms with Gasteiger partial charge in [0.1, 0.15) is 17.6 Å². The van der Waals surface area contributed by atoms with Gasteiger partial charge in [0, 0.05) is 13.0 Å². The summed E-state index contributed by atoms with van der Waals surface area (Å²) < 4.78 is 6.13. The molecule has 0 saturated heterocycles. The van der Waals surface area contributed by atoms with Crippen LogP contribution in [0.3, 0.4) is 0 Å². The number of ether oxygens (including phenoxy) is 1. The minimum Gasteiger partial charge on any atom is -0.489 e. The van der Waals surface area contributed by atoms with Gasteiger partial charge in [-0.25, -0.2) is 0 Å². The Hall–Kier alpha value is -1.68. The maximum atomic E-state index is 12.8. The van der Waals surface area contributed by atoms with Gasteiger partial charge in [0.05, 0.1) is 11.5 Å². The normalized spacial score (nSPS) is 20.3. The predicted octanol–water partition coefficient (Wildman–Crippen LogP) is 3.35. The Labute approximate surface area is 138 Å². The second-order valence-corrected chi connectivity index (χ2v) is 6.18. The van der Waals surface area contributed by atoms with Gasteiger partial charge < -0.3 is 14.4 Å². The Morgan fingerprint density at radius 1 is 1.17 bits per heavy atom. The van der Waals surface area contributed by atoms with Crippen molar-refractivity contribution in [3.05, 3.63) is 29.8 Å². The number of rotatable bonds is 8. The molecule has 2 unspecified atom stereocenters. The summed E-state index contributed by atoms with van der Waals surface area (Å²) in [5.74, 6) is 0.710. The Morgan fingerprint density at radius 2 is 1.87 bits per heavy atom. The lowest BCUT2D eigenvalue weighted by molar-refractivity contribution is -0.117. The van der Waals surface area contributed by atoms with Crippen LogP contribution in [-0.4, -0.2) is 42.2 Å². The molecule has 0 saturated carbocycles. The molecule has 0 aromatic heterocycles. The summed E-state index contributed by atoms with van der Waals surface area (Å²) >= 11 is 0. The highest BCUT2D eigenvalue weighted by Gasteiger charge is 2.36. The largest absolute Gasteiger partial charge is 0.489 e. The standard InChI is InChI=1S/C19H27NO3/c1-4-20(5-2)13-12-18-16(11-10-14(3)21)19(22)15-8-6-7-9-17(15)23-18/h6-9,16,18H,4-5,10-13H2,1-3H3. The molecule has 1 aromatic rings. The van der Waals surface area contributed by atoms with Crippen molar-refractivity contribution in [1.82, 2.24) is 4.90 Å². The van der Waals surface area contributed by atoms with Crippen molar-refractivity contribution < 1.29 is 14.3 Å². The number of ketones is 2. The third-order valence-electron chi connectivity index (χ3n) is 4.65. The van der Waals surface area contributed by atoms with Crippen molar-refractivity contribution in [2.45, 2.75) is 46.1 Å². The molecule has 0 aliphatic carbocycles. The molecule has 0 radical (unpaired) electrons. The van der Waals surface area contributed by atoms with Crippen LogP contribution in [0.15, 0.2) is 24.3 Å². The summed E-state index contributed by atoms with van der Waals surface area (Å²) in [6.07, 6.45) is 1.68. The van der Waals surface area contributed by atoms with Gasteiger partial charge in [0.15, 0.2) is 5.78 Å². The summed E-state index contributed by atoms with van der Waals surface area (Å²) in [6.45, 7) is 8.74.